The third-order valence-corrected chi connectivity index (χ3v) is 5.17. The molecule has 0 aromatic heterocycles. The van der Waals surface area contributed by atoms with Crippen molar-refractivity contribution in [2.24, 2.45) is 5.73 Å². The molecule has 0 radical (unpaired) electrons. The molecule has 0 unspecified atom stereocenters. The maximum Gasteiger partial charge on any atom is 0.416 e. The van der Waals surface area contributed by atoms with Crippen molar-refractivity contribution in [2.45, 2.75) is 38.1 Å². The number of allylic oxidation sites excluding steroid dienone is 3. The van der Waals surface area contributed by atoms with E-state index in [1.807, 2.05) is 0 Å². The number of nitrogens with two attached hydrogens (primary N) is 1. The van der Waals surface area contributed by atoms with Crippen molar-refractivity contribution in [2.75, 3.05) is 12.3 Å². The van der Waals surface area contributed by atoms with Crippen molar-refractivity contribution in [1.29, 1.82) is 0 Å². The molecule has 0 amide bonds. The summed E-state index contributed by atoms with van der Waals surface area (Å²) >= 11 is 0. The molecule has 0 bridgehead atoms. The number of hydrogen-bond acceptors (Lipinski definition) is 3. The minimum absolute atomic E-state index is 0.144. The van der Waals surface area contributed by atoms with Crippen molar-refractivity contribution in [3.63, 3.8) is 0 Å². The average molecular weight is 299 g/mol. The molecule has 0 fully saturated rings. The number of rotatable bonds is 6. The molecule has 112 valence electrons. The number of alkyl halides is 3. The van der Waals surface area contributed by atoms with Crippen molar-refractivity contribution in [1.82, 2.24) is 0 Å². The van der Waals surface area contributed by atoms with Gasteiger partial charge in [0.25, 0.3) is 0 Å². The minimum Gasteiger partial charge on any atom is -0.329 e. The van der Waals surface area contributed by atoms with E-state index >= 15 is 0 Å². The lowest BCUT2D eigenvalue weighted by Crippen LogP contribution is -2.41. The Kier molecular flexibility index (Phi) is 6.28. The zero-order valence-corrected chi connectivity index (χ0v) is 12.1. The molecule has 3 nitrogen and oxygen atoms in total. The van der Waals surface area contributed by atoms with Gasteiger partial charge in [0.2, 0.25) is 0 Å². The first-order valence-corrected chi connectivity index (χ1v) is 7.49. The summed E-state index contributed by atoms with van der Waals surface area (Å²) in [6.07, 6.45) is -1.20. The molecule has 0 spiro atoms. The van der Waals surface area contributed by atoms with Gasteiger partial charge in [0, 0.05) is 6.54 Å². The Morgan fingerprint density at radius 1 is 1.26 bits per heavy atom. The van der Waals surface area contributed by atoms with Gasteiger partial charge in [-0.2, -0.15) is 13.2 Å². The van der Waals surface area contributed by atoms with Crippen molar-refractivity contribution in [3.05, 3.63) is 23.8 Å². The first kappa shape index (κ1) is 18.2. The number of hydrogen-bond donors (Lipinski definition) is 1. The summed E-state index contributed by atoms with van der Waals surface area (Å²) in [6, 6.07) is 0. The maximum atomic E-state index is 12.7. The number of sulfone groups is 1. The monoisotopic (exact) mass is 299 g/mol. The van der Waals surface area contributed by atoms with Crippen LogP contribution in [-0.4, -0.2) is 31.6 Å². The molecule has 0 aromatic carbocycles. The van der Waals surface area contributed by atoms with Gasteiger partial charge in [0.05, 0.1) is 16.1 Å². The topological polar surface area (TPSA) is 60.2 Å². The fraction of sp³-hybridized carbons (Fsp3) is 0.667. The van der Waals surface area contributed by atoms with Gasteiger partial charge in [0.1, 0.15) is 0 Å². The van der Waals surface area contributed by atoms with Crippen LogP contribution in [0.15, 0.2) is 23.8 Å². The molecular weight excluding hydrogens is 279 g/mol. The standard InChI is InChI=1S/C12H20F3NO2S/c1-4-5-6-10(12(13,14)15)7-8-19(17,18)11(2,3)9-16/h5-7H,4,8-9,16H2,1-3H3. The molecule has 0 saturated heterocycles. The van der Waals surface area contributed by atoms with Crippen LogP contribution in [0.2, 0.25) is 0 Å². The van der Waals surface area contributed by atoms with E-state index in [0.717, 1.165) is 6.08 Å². The summed E-state index contributed by atoms with van der Waals surface area (Å²) in [5, 5.41) is 0. The summed E-state index contributed by atoms with van der Waals surface area (Å²) < 4.78 is 60.5. The Balaban J connectivity index is 5.27. The van der Waals surface area contributed by atoms with Crippen molar-refractivity contribution >= 4 is 9.84 Å². The highest BCUT2D eigenvalue weighted by molar-refractivity contribution is 7.92. The van der Waals surface area contributed by atoms with Crippen LogP contribution in [0, 0.1) is 0 Å². The summed E-state index contributed by atoms with van der Waals surface area (Å²) in [6.45, 7) is 4.34. The first-order valence-electron chi connectivity index (χ1n) is 5.84. The maximum absolute atomic E-state index is 12.7. The van der Waals surface area contributed by atoms with Crippen LogP contribution in [0.5, 0.6) is 0 Å². The van der Waals surface area contributed by atoms with Gasteiger partial charge in [-0.1, -0.05) is 25.2 Å². The third-order valence-electron chi connectivity index (χ3n) is 2.72. The van der Waals surface area contributed by atoms with Crippen LogP contribution in [0.1, 0.15) is 27.2 Å². The zero-order chi connectivity index (χ0) is 15.3. The van der Waals surface area contributed by atoms with Crippen LogP contribution < -0.4 is 5.73 Å². The Bertz CT molecular complexity index is 448. The fourth-order valence-corrected chi connectivity index (χ4v) is 2.18. The van der Waals surface area contributed by atoms with Gasteiger partial charge >= 0.3 is 6.18 Å². The number of halogens is 3. The molecular formula is C12H20F3NO2S. The van der Waals surface area contributed by atoms with Gasteiger partial charge in [-0.3, -0.25) is 0 Å². The highest BCUT2D eigenvalue weighted by Gasteiger charge is 2.35. The van der Waals surface area contributed by atoms with E-state index in [9.17, 15) is 21.6 Å². The van der Waals surface area contributed by atoms with Crippen molar-refractivity contribution < 1.29 is 21.6 Å². The van der Waals surface area contributed by atoms with Gasteiger partial charge in [-0.25, -0.2) is 8.42 Å². The Morgan fingerprint density at radius 2 is 1.79 bits per heavy atom. The van der Waals surface area contributed by atoms with Crippen LogP contribution in [0.3, 0.4) is 0 Å². The van der Waals surface area contributed by atoms with Gasteiger partial charge in [-0.05, 0) is 20.3 Å². The second-order valence-electron chi connectivity index (χ2n) is 4.71. The van der Waals surface area contributed by atoms with Crippen LogP contribution in [0.4, 0.5) is 13.2 Å². The zero-order valence-electron chi connectivity index (χ0n) is 11.3. The average Bonchev–Trinajstić information content (AvgIpc) is 2.26. The van der Waals surface area contributed by atoms with E-state index < -0.39 is 32.1 Å². The Hall–Kier alpha value is -0.820. The van der Waals surface area contributed by atoms with E-state index in [1.54, 1.807) is 6.92 Å². The molecule has 0 rings (SSSR count). The van der Waals surface area contributed by atoms with Gasteiger partial charge in [0.15, 0.2) is 9.84 Å². The summed E-state index contributed by atoms with van der Waals surface area (Å²) in [4.78, 5) is 0. The highest BCUT2D eigenvalue weighted by Crippen LogP contribution is 2.27. The van der Waals surface area contributed by atoms with Crippen LogP contribution in [0.25, 0.3) is 0 Å². The van der Waals surface area contributed by atoms with E-state index in [2.05, 4.69) is 0 Å². The third kappa shape index (κ3) is 5.36. The molecule has 7 heteroatoms. The molecule has 0 heterocycles. The first-order chi connectivity index (χ1) is 8.48. The van der Waals surface area contributed by atoms with E-state index in [0.29, 0.717) is 12.5 Å². The summed E-state index contributed by atoms with van der Waals surface area (Å²) in [5.41, 5.74) is 4.38. The van der Waals surface area contributed by atoms with E-state index in [-0.39, 0.29) is 6.54 Å². The molecule has 2 N–H and O–H groups in total. The largest absolute Gasteiger partial charge is 0.416 e. The quantitative estimate of drug-likeness (QED) is 0.767. The Labute approximate surface area is 112 Å². The second-order valence-corrected chi connectivity index (χ2v) is 7.38. The molecule has 19 heavy (non-hydrogen) atoms. The van der Waals surface area contributed by atoms with Crippen LogP contribution in [-0.2, 0) is 9.84 Å². The fourth-order valence-electron chi connectivity index (χ4n) is 1.08. The van der Waals surface area contributed by atoms with Crippen molar-refractivity contribution in [3.8, 4) is 0 Å². The Morgan fingerprint density at radius 3 is 2.16 bits per heavy atom. The van der Waals surface area contributed by atoms with Crippen LogP contribution >= 0.6 is 0 Å². The molecule has 0 aliphatic rings. The smallest absolute Gasteiger partial charge is 0.329 e. The van der Waals surface area contributed by atoms with Gasteiger partial charge < -0.3 is 5.73 Å². The lowest BCUT2D eigenvalue weighted by molar-refractivity contribution is -0.0883. The van der Waals surface area contributed by atoms with Gasteiger partial charge in [-0.15, -0.1) is 0 Å². The molecule has 0 aliphatic heterocycles. The normalized spacial score (nSPS) is 15.2. The lowest BCUT2D eigenvalue weighted by atomic mass is 10.2. The lowest BCUT2D eigenvalue weighted by Gasteiger charge is -2.22. The predicted molar refractivity (Wildman–Crippen MR) is 70.5 cm³/mol. The molecule has 0 aliphatic carbocycles. The molecule has 0 saturated carbocycles. The van der Waals surface area contributed by atoms with E-state index in [4.69, 9.17) is 5.73 Å². The SMILES string of the molecule is CCC=CC(=CCS(=O)(=O)C(C)(C)CN)C(F)(F)F. The van der Waals surface area contributed by atoms with E-state index in [1.165, 1.54) is 19.9 Å². The molecule has 0 atom stereocenters. The molecule has 0 aromatic rings. The highest BCUT2D eigenvalue weighted by atomic mass is 32.2. The summed E-state index contributed by atoms with van der Waals surface area (Å²) in [5.74, 6) is -0.680. The summed E-state index contributed by atoms with van der Waals surface area (Å²) in [7, 11) is -3.73. The predicted octanol–water partition coefficient (Wildman–Crippen LogP) is 2.59. The minimum atomic E-state index is -4.56. The second kappa shape index (κ2) is 6.56.